The molecule has 2 aromatic rings. The van der Waals surface area contributed by atoms with Crippen LogP contribution in [0.2, 0.25) is 0 Å². The van der Waals surface area contributed by atoms with Crippen molar-refractivity contribution < 1.29 is 14.2 Å². The van der Waals surface area contributed by atoms with Crippen molar-refractivity contribution >= 4 is 5.69 Å². The molecule has 0 spiro atoms. The Bertz CT molecular complexity index is 611. The SMILES string of the molecule is COc1ccc(NCc2ccc(OC)cc2OC)c(C)c1. The fourth-order valence-electron chi connectivity index (χ4n) is 2.15. The molecule has 0 aromatic heterocycles. The van der Waals surface area contributed by atoms with E-state index < -0.39 is 0 Å². The van der Waals surface area contributed by atoms with E-state index in [1.807, 2.05) is 36.4 Å². The molecule has 2 aromatic carbocycles. The largest absolute Gasteiger partial charge is 0.497 e. The summed E-state index contributed by atoms with van der Waals surface area (Å²) in [5.41, 5.74) is 3.30. The predicted octanol–water partition coefficient (Wildman–Crippen LogP) is 3.63. The van der Waals surface area contributed by atoms with Crippen molar-refractivity contribution in [3.8, 4) is 17.2 Å². The summed E-state index contributed by atoms with van der Waals surface area (Å²) < 4.78 is 15.8. The van der Waals surface area contributed by atoms with Crippen LogP contribution in [0.25, 0.3) is 0 Å². The summed E-state index contributed by atoms with van der Waals surface area (Å²) in [4.78, 5) is 0. The van der Waals surface area contributed by atoms with E-state index in [-0.39, 0.29) is 0 Å². The first kappa shape index (κ1) is 15.0. The van der Waals surface area contributed by atoms with E-state index in [0.717, 1.165) is 34.1 Å². The summed E-state index contributed by atoms with van der Waals surface area (Å²) in [7, 11) is 4.98. The van der Waals surface area contributed by atoms with Crippen molar-refractivity contribution in [1.82, 2.24) is 0 Å². The topological polar surface area (TPSA) is 39.7 Å². The van der Waals surface area contributed by atoms with Crippen LogP contribution in [0.5, 0.6) is 17.2 Å². The van der Waals surface area contributed by atoms with Crippen molar-refractivity contribution in [2.45, 2.75) is 13.5 Å². The van der Waals surface area contributed by atoms with Crippen LogP contribution in [0.3, 0.4) is 0 Å². The molecule has 0 aliphatic carbocycles. The molecule has 4 nitrogen and oxygen atoms in total. The summed E-state index contributed by atoms with van der Waals surface area (Å²) in [6.07, 6.45) is 0. The Morgan fingerprint density at radius 2 is 1.52 bits per heavy atom. The molecular weight excluding hydrogens is 266 g/mol. The van der Waals surface area contributed by atoms with Crippen molar-refractivity contribution in [3.05, 3.63) is 47.5 Å². The maximum atomic E-state index is 5.40. The monoisotopic (exact) mass is 287 g/mol. The second kappa shape index (κ2) is 6.88. The van der Waals surface area contributed by atoms with Gasteiger partial charge in [-0.15, -0.1) is 0 Å². The Morgan fingerprint density at radius 1 is 0.857 bits per heavy atom. The van der Waals surface area contributed by atoms with E-state index in [1.54, 1.807) is 21.3 Å². The van der Waals surface area contributed by atoms with Gasteiger partial charge in [0.05, 0.1) is 21.3 Å². The van der Waals surface area contributed by atoms with Gasteiger partial charge >= 0.3 is 0 Å². The summed E-state index contributed by atoms with van der Waals surface area (Å²) in [5.74, 6) is 2.46. The Morgan fingerprint density at radius 3 is 2.14 bits per heavy atom. The van der Waals surface area contributed by atoms with Crippen molar-refractivity contribution in [2.75, 3.05) is 26.6 Å². The second-order valence-corrected chi connectivity index (χ2v) is 4.71. The third kappa shape index (κ3) is 3.60. The highest BCUT2D eigenvalue weighted by atomic mass is 16.5. The normalized spacial score (nSPS) is 10.1. The molecule has 0 amide bonds. The molecule has 0 unspecified atom stereocenters. The fraction of sp³-hybridized carbons (Fsp3) is 0.294. The second-order valence-electron chi connectivity index (χ2n) is 4.71. The average Bonchev–Trinajstić information content (AvgIpc) is 2.53. The number of anilines is 1. The minimum Gasteiger partial charge on any atom is -0.497 e. The van der Waals surface area contributed by atoms with Crippen molar-refractivity contribution in [3.63, 3.8) is 0 Å². The number of nitrogens with one attached hydrogen (secondary N) is 1. The first-order valence-electron chi connectivity index (χ1n) is 6.77. The predicted molar refractivity (Wildman–Crippen MR) is 84.6 cm³/mol. The van der Waals surface area contributed by atoms with Gasteiger partial charge in [0.2, 0.25) is 0 Å². The zero-order valence-electron chi connectivity index (χ0n) is 12.9. The minimum atomic E-state index is 0.681. The maximum Gasteiger partial charge on any atom is 0.127 e. The third-order valence-corrected chi connectivity index (χ3v) is 3.40. The molecule has 0 fully saturated rings. The van der Waals surface area contributed by atoms with Crippen LogP contribution in [0.1, 0.15) is 11.1 Å². The molecule has 1 N–H and O–H groups in total. The molecule has 2 rings (SSSR count). The molecular formula is C17H21NO3. The molecule has 0 bridgehead atoms. The van der Waals surface area contributed by atoms with Crippen LogP contribution in [-0.2, 0) is 6.54 Å². The van der Waals surface area contributed by atoms with Gasteiger partial charge in [-0.05, 0) is 42.8 Å². The van der Waals surface area contributed by atoms with E-state index in [0.29, 0.717) is 6.54 Å². The van der Waals surface area contributed by atoms with Gasteiger partial charge in [0.25, 0.3) is 0 Å². The van der Waals surface area contributed by atoms with Gasteiger partial charge in [0.1, 0.15) is 17.2 Å². The quantitative estimate of drug-likeness (QED) is 0.880. The summed E-state index contributed by atoms with van der Waals surface area (Å²) in [5, 5.41) is 3.42. The van der Waals surface area contributed by atoms with Crippen LogP contribution < -0.4 is 19.5 Å². The number of benzene rings is 2. The molecule has 0 atom stereocenters. The molecule has 0 saturated heterocycles. The van der Waals surface area contributed by atoms with Crippen LogP contribution in [0.15, 0.2) is 36.4 Å². The van der Waals surface area contributed by atoms with Crippen molar-refractivity contribution in [2.24, 2.45) is 0 Å². The van der Waals surface area contributed by atoms with Gasteiger partial charge in [-0.3, -0.25) is 0 Å². The van der Waals surface area contributed by atoms with Gasteiger partial charge in [-0.1, -0.05) is 0 Å². The maximum absolute atomic E-state index is 5.40. The Labute approximate surface area is 125 Å². The third-order valence-electron chi connectivity index (χ3n) is 3.40. The molecule has 4 heteroatoms. The molecule has 0 aliphatic heterocycles. The Balaban J connectivity index is 2.12. The zero-order valence-corrected chi connectivity index (χ0v) is 12.9. The highest BCUT2D eigenvalue weighted by Gasteiger charge is 2.06. The highest BCUT2D eigenvalue weighted by Crippen LogP contribution is 2.26. The molecule has 0 aliphatic rings. The number of ether oxygens (including phenoxy) is 3. The van der Waals surface area contributed by atoms with Gasteiger partial charge in [0.15, 0.2) is 0 Å². The lowest BCUT2D eigenvalue weighted by Gasteiger charge is -2.14. The first-order chi connectivity index (χ1) is 10.2. The molecule has 0 radical (unpaired) electrons. The standard InChI is InChI=1S/C17H21NO3/c1-12-9-14(19-2)7-8-16(12)18-11-13-5-6-15(20-3)10-17(13)21-4/h5-10,18H,11H2,1-4H3. The van der Waals surface area contributed by atoms with Crippen LogP contribution in [-0.4, -0.2) is 21.3 Å². The van der Waals surface area contributed by atoms with E-state index in [9.17, 15) is 0 Å². The molecule has 21 heavy (non-hydrogen) atoms. The molecule has 112 valence electrons. The van der Waals surface area contributed by atoms with Gasteiger partial charge in [-0.2, -0.15) is 0 Å². The van der Waals surface area contributed by atoms with Crippen molar-refractivity contribution in [1.29, 1.82) is 0 Å². The summed E-state index contributed by atoms with van der Waals surface area (Å²) in [6.45, 7) is 2.73. The van der Waals surface area contributed by atoms with E-state index >= 15 is 0 Å². The number of hydrogen-bond acceptors (Lipinski definition) is 4. The molecule has 0 heterocycles. The van der Waals surface area contributed by atoms with Crippen LogP contribution in [0, 0.1) is 6.92 Å². The smallest absolute Gasteiger partial charge is 0.127 e. The number of rotatable bonds is 6. The lowest BCUT2D eigenvalue weighted by molar-refractivity contribution is 0.391. The Kier molecular flexibility index (Phi) is 4.93. The van der Waals surface area contributed by atoms with Crippen LogP contribution in [0.4, 0.5) is 5.69 Å². The lowest BCUT2D eigenvalue weighted by atomic mass is 10.1. The number of hydrogen-bond donors (Lipinski definition) is 1. The summed E-state index contributed by atoms with van der Waals surface area (Å²) in [6, 6.07) is 11.8. The minimum absolute atomic E-state index is 0.681. The number of aryl methyl sites for hydroxylation is 1. The van der Waals surface area contributed by atoms with Crippen LogP contribution >= 0.6 is 0 Å². The highest BCUT2D eigenvalue weighted by molar-refractivity contribution is 5.54. The first-order valence-corrected chi connectivity index (χ1v) is 6.77. The molecule has 0 saturated carbocycles. The van der Waals surface area contributed by atoms with E-state index in [4.69, 9.17) is 14.2 Å². The number of methoxy groups -OCH3 is 3. The van der Waals surface area contributed by atoms with Gasteiger partial charge in [0, 0.05) is 23.9 Å². The fourth-order valence-corrected chi connectivity index (χ4v) is 2.15. The average molecular weight is 287 g/mol. The summed E-state index contributed by atoms with van der Waals surface area (Å²) >= 11 is 0. The lowest BCUT2D eigenvalue weighted by Crippen LogP contribution is -2.03. The van der Waals surface area contributed by atoms with Gasteiger partial charge < -0.3 is 19.5 Å². The Hall–Kier alpha value is -2.36. The van der Waals surface area contributed by atoms with E-state index in [2.05, 4.69) is 12.2 Å². The zero-order chi connectivity index (χ0) is 15.2. The van der Waals surface area contributed by atoms with E-state index in [1.165, 1.54) is 0 Å². The van der Waals surface area contributed by atoms with Gasteiger partial charge in [-0.25, -0.2) is 0 Å².